The van der Waals surface area contributed by atoms with Crippen LogP contribution < -0.4 is 0 Å². The van der Waals surface area contributed by atoms with Crippen LogP contribution in [-0.4, -0.2) is 19.0 Å². The van der Waals surface area contributed by atoms with Crippen LogP contribution in [0.5, 0.6) is 0 Å². The number of hydrogen-bond donors (Lipinski definition) is 0. The van der Waals surface area contributed by atoms with Crippen LogP contribution in [0.25, 0.3) is 0 Å². The van der Waals surface area contributed by atoms with Crippen LogP contribution in [-0.2, 0) is 9.53 Å². The lowest BCUT2D eigenvalue weighted by Crippen LogP contribution is -2.02. The van der Waals surface area contributed by atoms with E-state index in [4.69, 9.17) is 4.74 Å². The number of ether oxygens (including phenoxy) is 1. The highest BCUT2D eigenvalue weighted by molar-refractivity contribution is 5.78. The van der Waals surface area contributed by atoms with Crippen LogP contribution >= 0.6 is 0 Å². The summed E-state index contributed by atoms with van der Waals surface area (Å²) in [5.74, 6) is 0.429. The Kier molecular flexibility index (Phi) is 8.41. The van der Waals surface area contributed by atoms with Gasteiger partial charge in [-0.1, -0.05) is 38.5 Å². The second kappa shape index (κ2) is 9.83. The van der Waals surface area contributed by atoms with Gasteiger partial charge in [0.25, 0.3) is 0 Å². The van der Waals surface area contributed by atoms with Crippen molar-refractivity contribution in [3.05, 3.63) is 0 Å². The van der Waals surface area contributed by atoms with Gasteiger partial charge < -0.3 is 4.74 Å². The van der Waals surface area contributed by atoms with Crippen molar-refractivity contribution in [3.8, 4) is 0 Å². The fourth-order valence-electron chi connectivity index (χ4n) is 2.19. The predicted octanol–water partition coefficient (Wildman–Crippen LogP) is 3.88. The summed E-state index contributed by atoms with van der Waals surface area (Å²) in [5, 5.41) is 0. The molecule has 1 aliphatic heterocycles. The average Bonchev–Trinajstić information content (AvgIpc) is 2.29. The number of Topliss-reactive ketones (excluding diaryl/α,β-unsaturated/α-hetero) is 1. The van der Waals surface area contributed by atoms with Crippen molar-refractivity contribution >= 4 is 5.78 Å². The van der Waals surface area contributed by atoms with Gasteiger partial charge in [-0.3, -0.25) is 4.79 Å². The highest BCUT2D eigenvalue weighted by Crippen LogP contribution is 2.11. The minimum atomic E-state index is 0.429. The van der Waals surface area contributed by atoms with Crippen molar-refractivity contribution in [2.75, 3.05) is 13.2 Å². The molecule has 0 spiro atoms. The van der Waals surface area contributed by atoms with E-state index in [-0.39, 0.29) is 0 Å². The number of hydrogen-bond acceptors (Lipinski definition) is 2. The first-order valence-corrected chi connectivity index (χ1v) is 6.99. The molecule has 1 aliphatic rings. The summed E-state index contributed by atoms with van der Waals surface area (Å²) in [5.41, 5.74) is 0. The van der Waals surface area contributed by atoms with Crippen LogP contribution in [0.4, 0.5) is 0 Å². The molecule has 1 saturated heterocycles. The first-order chi connectivity index (χ1) is 7.89. The molecule has 94 valence electrons. The topological polar surface area (TPSA) is 26.3 Å². The SMILES string of the molecule is O=C1CCCCCCCCCCOCCC1. The summed E-state index contributed by atoms with van der Waals surface area (Å²) in [7, 11) is 0. The fraction of sp³-hybridized carbons (Fsp3) is 0.929. The molecular weight excluding hydrogens is 200 g/mol. The number of rotatable bonds is 0. The largest absolute Gasteiger partial charge is 0.381 e. The van der Waals surface area contributed by atoms with E-state index in [1.165, 1.54) is 44.9 Å². The molecule has 1 rings (SSSR count). The average molecular weight is 226 g/mol. The Hall–Kier alpha value is -0.370. The van der Waals surface area contributed by atoms with Crippen molar-refractivity contribution in [2.24, 2.45) is 0 Å². The van der Waals surface area contributed by atoms with Gasteiger partial charge in [0.1, 0.15) is 5.78 Å². The zero-order valence-corrected chi connectivity index (χ0v) is 10.5. The van der Waals surface area contributed by atoms with Crippen LogP contribution in [0.15, 0.2) is 0 Å². The normalized spacial score (nSPS) is 23.4. The standard InChI is InChI=1S/C14H26O2/c15-14-10-7-5-3-1-2-4-6-8-12-16-13-9-11-14/h1-13H2. The maximum Gasteiger partial charge on any atom is 0.132 e. The molecule has 0 saturated carbocycles. The molecule has 0 bridgehead atoms. The van der Waals surface area contributed by atoms with Crippen LogP contribution in [0.2, 0.25) is 0 Å². The predicted molar refractivity (Wildman–Crippen MR) is 66.6 cm³/mol. The molecule has 0 atom stereocenters. The van der Waals surface area contributed by atoms with Gasteiger partial charge in [-0.2, -0.15) is 0 Å². The van der Waals surface area contributed by atoms with Gasteiger partial charge in [0.2, 0.25) is 0 Å². The van der Waals surface area contributed by atoms with Gasteiger partial charge in [0, 0.05) is 26.1 Å². The molecule has 0 unspecified atom stereocenters. The fourth-order valence-corrected chi connectivity index (χ4v) is 2.19. The van der Waals surface area contributed by atoms with Gasteiger partial charge in [0.05, 0.1) is 0 Å². The van der Waals surface area contributed by atoms with E-state index in [0.29, 0.717) is 5.78 Å². The minimum absolute atomic E-state index is 0.429. The highest BCUT2D eigenvalue weighted by Gasteiger charge is 2.02. The molecule has 0 radical (unpaired) electrons. The Morgan fingerprint density at radius 1 is 0.625 bits per heavy atom. The lowest BCUT2D eigenvalue weighted by molar-refractivity contribution is -0.119. The monoisotopic (exact) mass is 226 g/mol. The third-order valence-corrected chi connectivity index (χ3v) is 3.24. The molecule has 2 nitrogen and oxygen atoms in total. The summed E-state index contributed by atoms with van der Waals surface area (Å²) in [4.78, 5) is 11.5. The number of carbonyl (C=O) groups excluding carboxylic acids is 1. The van der Waals surface area contributed by atoms with Crippen molar-refractivity contribution < 1.29 is 9.53 Å². The molecule has 0 aromatic rings. The van der Waals surface area contributed by atoms with E-state index in [2.05, 4.69) is 0 Å². The molecule has 0 aliphatic carbocycles. The van der Waals surface area contributed by atoms with Crippen LogP contribution in [0, 0.1) is 0 Å². The minimum Gasteiger partial charge on any atom is -0.381 e. The van der Waals surface area contributed by atoms with Gasteiger partial charge in [0.15, 0.2) is 0 Å². The summed E-state index contributed by atoms with van der Waals surface area (Å²) in [6, 6.07) is 0. The summed E-state index contributed by atoms with van der Waals surface area (Å²) >= 11 is 0. The van der Waals surface area contributed by atoms with E-state index in [0.717, 1.165) is 38.9 Å². The van der Waals surface area contributed by atoms with Crippen LogP contribution in [0.3, 0.4) is 0 Å². The highest BCUT2D eigenvalue weighted by atomic mass is 16.5. The third kappa shape index (κ3) is 7.86. The lowest BCUT2D eigenvalue weighted by atomic mass is 10.0. The van der Waals surface area contributed by atoms with E-state index in [1.807, 2.05) is 0 Å². The van der Waals surface area contributed by atoms with Crippen molar-refractivity contribution in [2.45, 2.75) is 70.6 Å². The van der Waals surface area contributed by atoms with E-state index < -0.39 is 0 Å². The Morgan fingerprint density at radius 2 is 1.12 bits per heavy atom. The zero-order valence-electron chi connectivity index (χ0n) is 10.5. The number of carbonyl (C=O) groups is 1. The molecule has 0 N–H and O–H groups in total. The van der Waals surface area contributed by atoms with Gasteiger partial charge in [-0.25, -0.2) is 0 Å². The zero-order chi connectivity index (χ0) is 11.5. The smallest absolute Gasteiger partial charge is 0.132 e. The maximum absolute atomic E-state index is 11.5. The Balaban J connectivity index is 2.13. The van der Waals surface area contributed by atoms with E-state index >= 15 is 0 Å². The molecule has 0 aromatic heterocycles. The summed E-state index contributed by atoms with van der Waals surface area (Å²) < 4.78 is 5.51. The van der Waals surface area contributed by atoms with Gasteiger partial charge in [-0.15, -0.1) is 0 Å². The maximum atomic E-state index is 11.5. The first kappa shape index (κ1) is 13.7. The number of ketones is 1. The van der Waals surface area contributed by atoms with E-state index in [9.17, 15) is 4.79 Å². The van der Waals surface area contributed by atoms with Gasteiger partial charge >= 0.3 is 0 Å². The van der Waals surface area contributed by atoms with Crippen molar-refractivity contribution in [3.63, 3.8) is 0 Å². The molecule has 0 aromatic carbocycles. The molecule has 1 fully saturated rings. The molecule has 0 amide bonds. The van der Waals surface area contributed by atoms with Crippen molar-refractivity contribution in [1.29, 1.82) is 0 Å². The Morgan fingerprint density at radius 3 is 1.88 bits per heavy atom. The summed E-state index contributed by atoms with van der Waals surface area (Å²) in [6.45, 7) is 1.65. The molecule has 16 heavy (non-hydrogen) atoms. The quantitative estimate of drug-likeness (QED) is 0.626. The molecule has 2 heteroatoms. The van der Waals surface area contributed by atoms with E-state index in [1.54, 1.807) is 0 Å². The van der Waals surface area contributed by atoms with Crippen molar-refractivity contribution in [1.82, 2.24) is 0 Å². The Bertz CT molecular complexity index is 160. The first-order valence-electron chi connectivity index (χ1n) is 6.99. The van der Waals surface area contributed by atoms with Gasteiger partial charge in [-0.05, 0) is 19.3 Å². The molecular formula is C14H26O2. The molecule has 1 heterocycles. The second-order valence-corrected chi connectivity index (χ2v) is 4.83. The summed E-state index contributed by atoms with van der Waals surface area (Å²) in [6.07, 6.45) is 12.6. The lowest BCUT2D eigenvalue weighted by Gasteiger charge is -2.03. The second-order valence-electron chi connectivity index (χ2n) is 4.83. The van der Waals surface area contributed by atoms with Crippen LogP contribution in [0.1, 0.15) is 70.6 Å². The third-order valence-electron chi connectivity index (χ3n) is 3.24. The Labute approximate surface area is 99.8 Å².